The number of furan rings is 1. The SMILES string of the molecule is O=C(CN1c2ccccc2NC2=C(C(=O)CCC2)C1c1ccco1)NCc1ccccc1F. The first kappa shape index (κ1) is 21.0. The topological polar surface area (TPSA) is 74.6 Å². The molecule has 168 valence electrons. The van der Waals surface area contributed by atoms with Gasteiger partial charge in [-0.15, -0.1) is 0 Å². The van der Waals surface area contributed by atoms with Crippen LogP contribution < -0.4 is 15.5 Å². The van der Waals surface area contributed by atoms with Crippen LogP contribution in [0.2, 0.25) is 0 Å². The number of carbonyl (C=O) groups excluding carboxylic acids is 2. The Kier molecular flexibility index (Phi) is 5.69. The average Bonchev–Trinajstić information content (AvgIpc) is 3.30. The monoisotopic (exact) mass is 445 g/mol. The van der Waals surface area contributed by atoms with E-state index in [0.29, 0.717) is 23.3 Å². The van der Waals surface area contributed by atoms with Crippen molar-refractivity contribution in [2.75, 3.05) is 16.8 Å². The number of anilines is 2. The van der Waals surface area contributed by atoms with Crippen LogP contribution in [0.3, 0.4) is 0 Å². The van der Waals surface area contributed by atoms with Gasteiger partial charge in [0.2, 0.25) is 5.91 Å². The van der Waals surface area contributed by atoms with Crippen LogP contribution >= 0.6 is 0 Å². The molecule has 7 heteroatoms. The maximum Gasteiger partial charge on any atom is 0.239 e. The quantitative estimate of drug-likeness (QED) is 0.595. The Morgan fingerprint density at radius 2 is 1.91 bits per heavy atom. The Morgan fingerprint density at radius 3 is 2.73 bits per heavy atom. The lowest BCUT2D eigenvalue weighted by molar-refractivity contribution is -0.120. The van der Waals surface area contributed by atoms with Crippen molar-refractivity contribution in [1.29, 1.82) is 0 Å². The van der Waals surface area contributed by atoms with Gasteiger partial charge >= 0.3 is 0 Å². The first-order valence-corrected chi connectivity index (χ1v) is 11.0. The molecule has 2 N–H and O–H groups in total. The maximum atomic E-state index is 14.0. The third-order valence-electron chi connectivity index (χ3n) is 6.10. The Labute approximate surface area is 191 Å². The van der Waals surface area contributed by atoms with Crippen molar-refractivity contribution in [3.63, 3.8) is 0 Å². The van der Waals surface area contributed by atoms with Crippen molar-refractivity contribution in [3.05, 3.63) is 95.3 Å². The fourth-order valence-corrected chi connectivity index (χ4v) is 4.56. The van der Waals surface area contributed by atoms with Gasteiger partial charge in [0.15, 0.2) is 5.78 Å². The van der Waals surface area contributed by atoms with Crippen LogP contribution in [0.1, 0.15) is 36.6 Å². The lowest BCUT2D eigenvalue weighted by Crippen LogP contribution is -2.41. The van der Waals surface area contributed by atoms with Crippen molar-refractivity contribution in [1.82, 2.24) is 5.32 Å². The predicted octanol–water partition coefficient (Wildman–Crippen LogP) is 4.72. The molecule has 1 aromatic heterocycles. The summed E-state index contributed by atoms with van der Waals surface area (Å²) in [6.07, 6.45) is 3.56. The van der Waals surface area contributed by atoms with Crippen molar-refractivity contribution in [3.8, 4) is 0 Å². The maximum absolute atomic E-state index is 14.0. The Bertz CT molecular complexity index is 1220. The number of hydrogen-bond donors (Lipinski definition) is 2. The zero-order valence-corrected chi connectivity index (χ0v) is 18.0. The van der Waals surface area contributed by atoms with E-state index in [1.54, 1.807) is 30.5 Å². The summed E-state index contributed by atoms with van der Waals surface area (Å²) in [5.74, 6) is 0.00276. The highest BCUT2D eigenvalue weighted by Gasteiger charge is 2.38. The number of nitrogens with zero attached hydrogens (tertiary/aromatic N) is 1. The number of para-hydroxylation sites is 2. The summed E-state index contributed by atoms with van der Waals surface area (Å²) in [6.45, 7) is 0.0557. The lowest BCUT2D eigenvalue weighted by atomic mass is 9.88. The van der Waals surface area contributed by atoms with Crippen LogP contribution in [-0.2, 0) is 16.1 Å². The highest BCUT2D eigenvalue weighted by Crippen LogP contribution is 2.44. The minimum Gasteiger partial charge on any atom is -0.467 e. The molecule has 2 aromatic carbocycles. The lowest BCUT2D eigenvalue weighted by Gasteiger charge is -2.33. The highest BCUT2D eigenvalue weighted by molar-refractivity contribution is 6.01. The number of nitrogens with one attached hydrogen (secondary N) is 2. The summed E-state index contributed by atoms with van der Waals surface area (Å²) < 4.78 is 19.8. The molecule has 5 rings (SSSR count). The van der Waals surface area contributed by atoms with Gasteiger partial charge in [-0.25, -0.2) is 4.39 Å². The van der Waals surface area contributed by atoms with Crippen LogP contribution in [0.15, 0.2) is 82.6 Å². The van der Waals surface area contributed by atoms with E-state index >= 15 is 0 Å². The second-order valence-electron chi connectivity index (χ2n) is 8.23. The fraction of sp³-hybridized carbons (Fsp3) is 0.231. The molecular formula is C26H24FN3O3. The largest absolute Gasteiger partial charge is 0.467 e. The summed E-state index contributed by atoms with van der Waals surface area (Å²) in [5.41, 5.74) is 3.54. The second kappa shape index (κ2) is 8.94. The molecule has 0 saturated heterocycles. The van der Waals surface area contributed by atoms with E-state index in [2.05, 4.69) is 10.6 Å². The molecule has 0 bridgehead atoms. The van der Waals surface area contributed by atoms with E-state index in [4.69, 9.17) is 4.42 Å². The summed E-state index contributed by atoms with van der Waals surface area (Å²) in [6, 6.07) is 17.1. The van der Waals surface area contributed by atoms with Gasteiger partial charge in [-0.1, -0.05) is 30.3 Å². The fourth-order valence-electron chi connectivity index (χ4n) is 4.56. The Morgan fingerprint density at radius 1 is 1.09 bits per heavy atom. The highest BCUT2D eigenvalue weighted by atomic mass is 19.1. The second-order valence-corrected chi connectivity index (χ2v) is 8.23. The number of amides is 1. The predicted molar refractivity (Wildman–Crippen MR) is 123 cm³/mol. The zero-order chi connectivity index (χ0) is 22.8. The molecule has 3 aromatic rings. The summed E-state index contributed by atoms with van der Waals surface area (Å²) in [5, 5.41) is 6.26. The molecule has 33 heavy (non-hydrogen) atoms. The van der Waals surface area contributed by atoms with Crippen LogP contribution in [0, 0.1) is 5.82 Å². The van der Waals surface area contributed by atoms with Crippen molar-refractivity contribution in [2.24, 2.45) is 0 Å². The first-order valence-electron chi connectivity index (χ1n) is 11.0. The minimum absolute atomic E-state index is 0.0252. The van der Waals surface area contributed by atoms with Gasteiger partial charge in [0.1, 0.15) is 17.6 Å². The number of hydrogen-bond acceptors (Lipinski definition) is 5. The van der Waals surface area contributed by atoms with Crippen LogP contribution in [0.4, 0.5) is 15.8 Å². The Hall–Kier alpha value is -3.87. The molecule has 1 amide bonds. The molecule has 1 atom stereocenters. The average molecular weight is 445 g/mol. The van der Waals surface area contributed by atoms with E-state index in [1.807, 2.05) is 35.2 Å². The first-order chi connectivity index (χ1) is 16.1. The number of rotatable bonds is 5. The van der Waals surface area contributed by atoms with Gasteiger partial charge in [-0.3, -0.25) is 9.59 Å². The number of Topliss-reactive ketones (excluding diaryl/α,β-unsaturated/α-hetero) is 1. The van der Waals surface area contributed by atoms with Crippen molar-refractivity contribution in [2.45, 2.75) is 31.8 Å². The van der Waals surface area contributed by atoms with Gasteiger partial charge in [0.05, 0.1) is 24.2 Å². The van der Waals surface area contributed by atoms with E-state index in [9.17, 15) is 14.0 Å². The number of ketones is 1. The summed E-state index contributed by atoms with van der Waals surface area (Å²) in [7, 11) is 0. The number of allylic oxidation sites excluding steroid dienone is 1. The van der Waals surface area contributed by atoms with E-state index in [0.717, 1.165) is 29.9 Å². The number of fused-ring (bicyclic) bond motifs is 1. The number of benzene rings is 2. The Balaban J connectivity index is 1.51. The van der Waals surface area contributed by atoms with Crippen molar-refractivity contribution < 1.29 is 18.4 Å². The normalized spacial score (nSPS) is 17.7. The third kappa shape index (κ3) is 4.14. The summed E-state index contributed by atoms with van der Waals surface area (Å²) in [4.78, 5) is 28.0. The third-order valence-corrected chi connectivity index (χ3v) is 6.10. The van der Waals surface area contributed by atoms with Gasteiger partial charge in [0, 0.05) is 29.8 Å². The van der Waals surface area contributed by atoms with Crippen LogP contribution in [0.5, 0.6) is 0 Å². The molecule has 1 unspecified atom stereocenters. The van der Waals surface area contributed by atoms with Gasteiger partial charge in [-0.05, 0) is 43.2 Å². The van der Waals surface area contributed by atoms with E-state index in [-0.39, 0.29) is 30.6 Å². The van der Waals surface area contributed by atoms with E-state index < -0.39 is 6.04 Å². The molecule has 6 nitrogen and oxygen atoms in total. The zero-order valence-electron chi connectivity index (χ0n) is 18.0. The molecule has 2 aliphatic rings. The molecule has 1 aliphatic heterocycles. The van der Waals surface area contributed by atoms with Gasteiger partial charge < -0.3 is 20.0 Å². The van der Waals surface area contributed by atoms with Gasteiger partial charge in [-0.2, -0.15) is 0 Å². The molecule has 0 radical (unpaired) electrons. The molecule has 0 spiro atoms. The molecular weight excluding hydrogens is 421 g/mol. The van der Waals surface area contributed by atoms with Crippen LogP contribution in [0.25, 0.3) is 0 Å². The number of halogens is 1. The van der Waals surface area contributed by atoms with Crippen LogP contribution in [-0.4, -0.2) is 18.2 Å². The van der Waals surface area contributed by atoms with E-state index in [1.165, 1.54) is 6.07 Å². The standard InChI is InChI=1S/C26H24FN3O3/c27-18-8-2-1-7-17(18)15-28-24(32)16-30-21-11-4-3-9-19(21)29-20-10-5-12-22(31)25(20)26(30)23-13-6-14-33-23/h1-4,6-9,11,13-14,26,29H,5,10,12,15-16H2,(H,28,32). The molecule has 0 fully saturated rings. The minimum atomic E-state index is -0.543. The van der Waals surface area contributed by atoms with Crippen molar-refractivity contribution >= 4 is 23.1 Å². The smallest absolute Gasteiger partial charge is 0.239 e. The summed E-state index contributed by atoms with van der Waals surface area (Å²) >= 11 is 0. The number of carbonyl (C=O) groups is 2. The molecule has 0 saturated carbocycles. The molecule has 1 aliphatic carbocycles. The molecule has 2 heterocycles. The van der Waals surface area contributed by atoms with Gasteiger partial charge in [0.25, 0.3) is 0 Å².